The van der Waals surface area contributed by atoms with E-state index in [0.29, 0.717) is 10.8 Å². The van der Waals surface area contributed by atoms with Crippen molar-refractivity contribution >= 4 is 28.8 Å². The number of nitrogens with zero attached hydrogens (tertiary/aromatic N) is 2. The zero-order valence-electron chi connectivity index (χ0n) is 7.65. The minimum Gasteiger partial charge on any atom is -0.334 e. The van der Waals surface area contributed by atoms with Gasteiger partial charge in [0.2, 0.25) is 0 Å². The molecule has 0 saturated carbocycles. The maximum Gasteiger partial charge on any atom is 0.265 e. The third-order valence-corrected chi connectivity index (χ3v) is 3.58. The number of alkyl halides is 1. The Labute approximate surface area is 91.7 Å². The van der Waals surface area contributed by atoms with Gasteiger partial charge in [0.15, 0.2) is 0 Å². The Morgan fingerprint density at radius 2 is 2.64 bits per heavy atom. The predicted octanol–water partition coefficient (Wildman–Crippen LogP) is 1.99. The normalized spacial score (nSPS) is 21.5. The monoisotopic (exact) mass is 230 g/mol. The third-order valence-electron chi connectivity index (χ3n) is 2.46. The molecule has 0 radical (unpaired) electrons. The molecule has 1 amide bonds. The Kier molecular flexibility index (Phi) is 3.03. The lowest BCUT2D eigenvalue weighted by Crippen LogP contribution is -2.36. The fourth-order valence-electron chi connectivity index (χ4n) is 1.73. The van der Waals surface area contributed by atoms with Crippen LogP contribution in [0.3, 0.4) is 0 Å². The molecule has 2 heterocycles. The molecule has 3 nitrogen and oxygen atoms in total. The highest BCUT2D eigenvalue weighted by atomic mass is 35.5. The second-order valence-corrected chi connectivity index (χ2v) is 4.51. The van der Waals surface area contributed by atoms with Gasteiger partial charge >= 0.3 is 0 Å². The number of carbonyl (C=O) groups excluding carboxylic acids is 1. The van der Waals surface area contributed by atoms with Gasteiger partial charge in [-0.25, -0.2) is 0 Å². The molecule has 1 fully saturated rings. The largest absolute Gasteiger partial charge is 0.334 e. The van der Waals surface area contributed by atoms with E-state index in [9.17, 15) is 4.79 Å². The van der Waals surface area contributed by atoms with E-state index in [4.69, 9.17) is 11.6 Å². The maximum atomic E-state index is 11.9. The van der Waals surface area contributed by atoms with Crippen molar-refractivity contribution in [2.75, 3.05) is 12.4 Å². The molecule has 14 heavy (non-hydrogen) atoms. The van der Waals surface area contributed by atoms with Gasteiger partial charge < -0.3 is 4.90 Å². The molecule has 1 unspecified atom stereocenters. The molecule has 76 valence electrons. The summed E-state index contributed by atoms with van der Waals surface area (Å²) in [6.45, 7) is 0.827. The SMILES string of the molecule is O=C(c1cncs1)N1CCCC1CCl. The first-order valence-corrected chi connectivity index (χ1v) is 5.99. The lowest BCUT2D eigenvalue weighted by molar-refractivity contribution is 0.0754. The highest BCUT2D eigenvalue weighted by Gasteiger charge is 2.29. The first kappa shape index (κ1) is 9.93. The number of aromatic nitrogens is 1. The Morgan fingerprint density at radius 1 is 1.79 bits per heavy atom. The van der Waals surface area contributed by atoms with Crippen LogP contribution in [0.25, 0.3) is 0 Å². The van der Waals surface area contributed by atoms with Gasteiger partial charge in [0.25, 0.3) is 5.91 Å². The number of carbonyl (C=O) groups is 1. The molecule has 5 heteroatoms. The van der Waals surface area contributed by atoms with Crippen LogP contribution in [0.1, 0.15) is 22.5 Å². The summed E-state index contributed by atoms with van der Waals surface area (Å²) in [5.41, 5.74) is 1.68. The van der Waals surface area contributed by atoms with E-state index >= 15 is 0 Å². The summed E-state index contributed by atoms with van der Waals surface area (Å²) in [5, 5.41) is 0. The van der Waals surface area contributed by atoms with Gasteiger partial charge in [0.05, 0.1) is 11.7 Å². The van der Waals surface area contributed by atoms with Crippen molar-refractivity contribution in [3.05, 3.63) is 16.6 Å². The van der Waals surface area contributed by atoms with Gasteiger partial charge in [-0.05, 0) is 12.8 Å². The summed E-state index contributed by atoms with van der Waals surface area (Å²) in [6.07, 6.45) is 3.70. The Bertz CT molecular complexity index is 315. The Morgan fingerprint density at radius 3 is 3.29 bits per heavy atom. The summed E-state index contributed by atoms with van der Waals surface area (Å²) in [6, 6.07) is 0.214. The summed E-state index contributed by atoms with van der Waals surface area (Å²) >= 11 is 7.19. The molecule has 0 aromatic carbocycles. The van der Waals surface area contributed by atoms with E-state index in [-0.39, 0.29) is 11.9 Å². The molecule has 1 aromatic heterocycles. The number of hydrogen-bond donors (Lipinski definition) is 0. The van der Waals surface area contributed by atoms with Crippen molar-refractivity contribution < 1.29 is 4.79 Å². The van der Waals surface area contributed by atoms with E-state index in [0.717, 1.165) is 19.4 Å². The van der Waals surface area contributed by atoms with Crippen molar-refractivity contribution in [3.8, 4) is 0 Å². The zero-order valence-corrected chi connectivity index (χ0v) is 9.22. The average molecular weight is 231 g/mol. The smallest absolute Gasteiger partial charge is 0.265 e. The van der Waals surface area contributed by atoms with E-state index in [1.807, 2.05) is 4.90 Å². The molecule has 1 aromatic rings. The van der Waals surface area contributed by atoms with Crippen molar-refractivity contribution in [1.29, 1.82) is 0 Å². The standard InChI is InChI=1S/C9H11ClN2OS/c10-4-7-2-1-3-12(7)9(13)8-5-11-6-14-8/h5-7H,1-4H2. The van der Waals surface area contributed by atoms with Crippen LogP contribution >= 0.6 is 22.9 Å². The molecule has 1 aliphatic rings. The fourth-order valence-corrected chi connectivity index (χ4v) is 2.62. The topological polar surface area (TPSA) is 33.2 Å². The molecule has 0 spiro atoms. The molecule has 0 N–H and O–H groups in total. The molecule has 1 atom stereocenters. The summed E-state index contributed by atoms with van der Waals surface area (Å²) in [4.78, 5) is 18.4. The van der Waals surface area contributed by atoms with Crippen LogP contribution in [0, 0.1) is 0 Å². The highest BCUT2D eigenvalue weighted by molar-refractivity contribution is 7.11. The number of likely N-dealkylation sites (tertiary alicyclic amines) is 1. The minimum absolute atomic E-state index is 0.0793. The third kappa shape index (κ3) is 1.77. The Balaban J connectivity index is 2.11. The number of hydrogen-bond acceptors (Lipinski definition) is 3. The summed E-state index contributed by atoms with van der Waals surface area (Å²) in [5.74, 6) is 0.612. The molecular weight excluding hydrogens is 220 g/mol. The quantitative estimate of drug-likeness (QED) is 0.728. The van der Waals surface area contributed by atoms with E-state index in [1.165, 1.54) is 11.3 Å². The van der Waals surface area contributed by atoms with Crippen molar-refractivity contribution in [1.82, 2.24) is 9.88 Å². The molecule has 1 aliphatic heterocycles. The number of amides is 1. The van der Waals surface area contributed by atoms with Crippen LogP contribution in [0.4, 0.5) is 0 Å². The van der Waals surface area contributed by atoms with Gasteiger partial charge in [0, 0.05) is 18.5 Å². The van der Waals surface area contributed by atoms with E-state index in [2.05, 4.69) is 4.98 Å². The van der Waals surface area contributed by atoms with E-state index in [1.54, 1.807) is 11.7 Å². The highest BCUT2D eigenvalue weighted by Crippen LogP contribution is 2.22. The number of rotatable bonds is 2. The second kappa shape index (κ2) is 4.28. The lowest BCUT2D eigenvalue weighted by Gasteiger charge is -2.21. The molecule has 0 aliphatic carbocycles. The minimum atomic E-state index is 0.0793. The van der Waals surface area contributed by atoms with Gasteiger partial charge in [-0.1, -0.05) is 0 Å². The van der Waals surface area contributed by atoms with Gasteiger partial charge in [-0.15, -0.1) is 22.9 Å². The van der Waals surface area contributed by atoms with Crippen LogP contribution < -0.4 is 0 Å². The van der Waals surface area contributed by atoms with Crippen LogP contribution in [0.15, 0.2) is 11.7 Å². The number of thiazole rings is 1. The second-order valence-electron chi connectivity index (χ2n) is 3.31. The van der Waals surface area contributed by atoms with Gasteiger partial charge in [-0.3, -0.25) is 9.78 Å². The zero-order chi connectivity index (χ0) is 9.97. The first-order valence-electron chi connectivity index (χ1n) is 4.58. The van der Waals surface area contributed by atoms with Crippen molar-refractivity contribution in [2.45, 2.75) is 18.9 Å². The number of halogens is 1. The maximum absolute atomic E-state index is 11.9. The van der Waals surface area contributed by atoms with Crippen molar-refractivity contribution in [2.24, 2.45) is 0 Å². The molecule has 0 bridgehead atoms. The van der Waals surface area contributed by atoms with Crippen LogP contribution in [0.5, 0.6) is 0 Å². The van der Waals surface area contributed by atoms with E-state index < -0.39 is 0 Å². The van der Waals surface area contributed by atoms with Crippen molar-refractivity contribution in [3.63, 3.8) is 0 Å². The van der Waals surface area contributed by atoms with Crippen LogP contribution in [-0.2, 0) is 0 Å². The summed E-state index contributed by atoms with van der Waals surface area (Å²) < 4.78 is 0. The summed E-state index contributed by atoms with van der Waals surface area (Å²) in [7, 11) is 0. The van der Waals surface area contributed by atoms with Crippen LogP contribution in [0.2, 0.25) is 0 Å². The van der Waals surface area contributed by atoms with Crippen LogP contribution in [-0.4, -0.2) is 34.3 Å². The fraction of sp³-hybridized carbons (Fsp3) is 0.556. The molecule has 2 rings (SSSR count). The molecule has 1 saturated heterocycles. The predicted molar refractivity (Wildman–Crippen MR) is 56.9 cm³/mol. The Hall–Kier alpha value is -0.610. The molecular formula is C9H11ClN2OS. The van der Waals surface area contributed by atoms with Gasteiger partial charge in [-0.2, -0.15) is 0 Å². The first-order chi connectivity index (χ1) is 6.83. The van der Waals surface area contributed by atoms with Gasteiger partial charge in [0.1, 0.15) is 4.88 Å². The lowest BCUT2D eigenvalue weighted by atomic mass is 10.2. The average Bonchev–Trinajstić information content (AvgIpc) is 2.87.